The van der Waals surface area contributed by atoms with Gasteiger partial charge in [0.2, 0.25) is 0 Å². The van der Waals surface area contributed by atoms with Crippen LogP contribution in [0.4, 0.5) is 0 Å². The Labute approximate surface area is 151 Å². The molecule has 2 nitrogen and oxygen atoms in total. The lowest BCUT2D eigenvalue weighted by molar-refractivity contribution is -0.132. The minimum absolute atomic E-state index is 0.110. The molecular formula is C23H29NO. The van der Waals surface area contributed by atoms with Gasteiger partial charge in [0, 0.05) is 24.4 Å². The van der Waals surface area contributed by atoms with Gasteiger partial charge in [0.25, 0.3) is 0 Å². The van der Waals surface area contributed by atoms with Crippen LogP contribution in [0.15, 0.2) is 60.7 Å². The summed E-state index contributed by atoms with van der Waals surface area (Å²) in [6.45, 7) is 2.22. The number of rotatable bonds is 6. The predicted molar refractivity (Wildman–Crippen MR) is 103 cm³/mol. The van der Waals surface area contributed by atoms with Crippen LogP contribution in [0, 0.1) is 5.92 Å². The molecular weight excluding hydrogens is 306 g/mol. The Morgan fingerprint density at radius 1 is 0.920 bits per heavy atom. The zero-order valence-corrected chi connectivity index (χ0v) is 15.4. The van der Waals surface area contributed by atoms with E-state index in [0.717, 1.165) is 12.8 Å². The number of carbonyl (C=O) groups is 1. The standard InChI is InChI=1S/C23H29NO/c1-3-4-7-16-20-22(25)17-21(18-12-8-5-9-13-18)24(2)23(20)19-14-10-6-11-15-19/h5-6,8-15,20-21,23H,3-4,7,16-17H2,1-2H3/t20-,21-,23-/m0/s1. The summed E-state index contributed by atoms with van der Waals surface area (Å²) < 4.78 is 0. The van der Waals surface area contributed by atoms with Crippen molar-refractivity contribution < 1.29 is 4.79 Å². The van der Waals surface area contributed by atoms with E-state index in [4.69, 9.17) is 0 Å². The first-order valence-electron chi connectivity index (χ1n) is 9.57. The second-order valence-corrected chi connectivity index (χ2v) is 7.22. The van der Waals surface area contributed by atoms with Crippen LogP contribution >= 0.6 is 0 Å². The van der Waals surface area contributed by atoms with E-state index >= 15 is 0 Å². The molecule has 0 unspecified atom stereocenters. The number of carbonyl (C=O) groups excluding carboxylic acids is 1. The summed E-state index contributed by atoms with van der Waals surface area (Å²) in [5, 5.41) is 0. The highest BCUT2D eigenvalue weighted by Crippen LogP contribution is 2.43. The molecule has 0 spiro atoms. The highest BCUT2D eigenvalue weighted by molar-refractivity contribution is 5.83. The van der Waals surface area contributed by atoms with Crippen LogP contribution in [-0.4, -0.2) is 17.7 Å². The minimum atomic E-state index is 0.110. The monoisotopic (exact) mass is 335 g/mol. The normalized spacial score (nSPS) is 24.4. The molecule has 0 N–H and O–H groups in total. The molecule has 2 aromatic rings. The number of piperidine rings is 1. The van der Waals surface area contributed by atoms with Gasteiger partial charge in [0.1, 0.15) is 5.78 Å². The van der Waals surface area contributed by atoms with Crippen molar-refractivity contribution in [3.05, 3.63) is 71.8 Å². The number of nitrogens with zero attached hydrogens (tertiary/aromatic N) is 1. The van der Waals surface area contributed by atoms with Crippen LogP contribution < -0.4 is 0 Å². The molecule has 3 rings (SSSR count). The molecule has 0 saturated carbocycles. The number of likely N-dealkylation sites (tertiary alicyclic amines) is 1. The largest absolute Gasteiger partial charge is 0.299 e. The molecule has 0 aliphatic carbocycles. The quantitative estimate of drug-likeness (QED) is 0.643. The van der Waals surface area contributed by atoms with Gasteiger partial charge in [-0.25, -0.2) is 0 Å². The van der Waals surface area contributed by atoms with Gasteiger partial charge in [-0.05, 0) is 24.6 Å². The second kappa shape index (κ2) is 8.44. The third-order valence-electron chi connectivity index (χ3n) is 5.56. The van der Waals surface area contributed by atoms with Crippen molar-refractivity contribution in [2.24, 2.45) is 5.92 Å². The topological polar surface area (TPSA) is 20.3 Å². The summed E-state index contributed by atoms with van der Waals surface area (Å²) in [7, 11) is 2.19. The van der Waals surface area contributed by atoms with E-state index < -0.39 is 0 Å². The van der Waals surface area contributed by atoms with Gasteiger partial charge in [-0.1, -0.05) is 86.8 Å². The van der Waals surface area contributed by atoms with Crippen molar-refractivity contribution in [2.45, 2.75) is 51.1 Å². The van der Waals surface area contributed by atoms with Gasteiger partial charge in [0.05, 0.1) is 0 Å². The summed E-state index contributed by atoms with van der Waals surface area (Å²) in [5.41, 5.74) is 2.51. The van der Waals surface area contributed by atoms with Gasteiger partial charge in [0.15, 0.2) is 0 Å². The smallest absolute Gasteiger partial charge is 0.139 e. The zero-order chi connectivity index (χ0) is 17.6. The molecule has 2 heteroatoms. The third kappa shape index (κ3) is 4.01. The summed E-state index contributed by atoms with van der Waals surface area (Å²) >= 11 is 0. The Morgan fingerprint density at radius 3 is 2.12 bits per heavy atom. The van der Waals surface area contributed by atoms with Gasteiger partial charge < -0.3 is 0 Å². The molecule has 0 aromatic heterocycles. The van der Waals surface area contributed by atoms with Gasteiger partial charge in [-0.3, -0.25) is 9.69 Å². The van der Waals surface area contributed by atoms with E-state index in [1.807, 2.05) is 6.07 Å². The Hall–Kier alpha value is -1.93. The molecule has 0 radical (unpaired) electrons. The summed E-state index contributed by atoms with van der Waals surface area (Å²) in [5.74, 6) is 0.538. The van der Waals surface area contributed by atoms with E-state index in [-0.39, 0.29) is 18.0 Å². The lowest BCUT2D eigenvalue weighted by atomic mass is 9.77. The van der Waals surface area contributed by atoms with Gasteiger partial charge in [-0.15, -0.1) is 0 Å². The fraction of sp³-hybridized carbons (Fsp3) is 0.435. The predicted octanol–water partition coefficient (Wildman–Crippen LogP) is 5.57. The molecule has 1 aliphatic rings. The average molecular weight is 335 g/mol. The minimum Gasteiger partial charge on any atom is -0.299 e. The first kappa shape index (κ1) is 17.9. The summed E-state index contributed by atoms with van der Waals surface area (Å²) in [4.78, 5) is 15.5. The molecule has 1 aliphatic heterocycles. The van der Waals surface area contributed by atoms with Gasteiger partial charge in [-0.2, -0.15) is 0 Å². The number of ketones is 1. The van der Waals surface area contributed by atoms with E-state index in [0.29, 0.717) is 12.2 Å². The van der Waals surface area contributed by atoms with E-state index in [1.165, 1.54) is 24.0 Å². The maximum absolute atomic E-state index is 13.1. The molecule has 1 fully saturated rings. The Bertz CT molecular complexity index is 667. The third-order valence-corrected chi connectivity index (χ3v) is 5.56. The van der Waals surface area contributed by atoms with Crippen molar-refractivity contribution >= 4 is 5.78 Å². The Kier molecular flexibility index (Phi) is 6.04. The summed E-state index contributed by atoms with van der Waals surface area (Å²) in [6, 6.07) is 21.4. The highest BCUT2D eigenvalue weighted by Gasteiger charge is 2.41. The average Bonchev–Trinajstić information content (AvgIpc) is 2.66. The van der Waals surface area contributed by atoms with E-state index in [2.05, 4.69) is 73.5 Å². The van der Waals surface area contributed by atoms with Crippen molar-refractivity contribution in [1.29, 1.82) is 0 Å². The number of hydrogen-bond donors (Lipinski definition) is 0. The Morgan fingerprint density at radius 2 is 1.52 bits per heavy atom. The molecule has 132 valence electrons. The number of Topliss-reactive ketones (excluding diaryl/α,β-unsaturated/α-hetero) is 1. The van der Waals surface area contributed by atoms with Crippen LogP contribution in [0.5, 0.6) is 0 Å². The fourth-order valence-corrected chi connectivity index (χ4v) is 4.22. The maximum atomic E-state index is 13.1. The fourth-order valence-electron chi connectivity index (χ4n) is 4.22. The zero-order valence-electron chi connectivity index (χ0n) is 15.4. The molecule has 0 amide bonds. The molecule has 3 atom stereocenters. The van der Waals surface area contributed by atoms with Crippen LogP contribution in [0.1, 0.15) is 62.2 Å². The van der Waals surface area contributed by atoms with Crippen LogP contribution in [0.3, 0.4) is 0 Å². The lowest BCUT2D eigenvalue weighted by Crippen LogP contribution is -2.43. The first-order chi connectivity index (χ1) is 12.2. The Balaban J connectivity index is 1.91. The first-order valence-corrected chi connectivity index (χ1v) is 9.57. The van der Waals surface area contributed by atoms with Crippen molar-refractivity contribution in [1.82, 2.24) is 4.90 Å². The highest BCUT2D eigenvalue weighted by atomic mass is 16.1. The molecule has 2 aromatic carbocycles. The number of benzene rings is 2. The second-order valence-electron chi connectivity index (χ2n) is 7.22. The summed E-state index contributed by atoms with van der Waals surface area (Å²) in [6.07, 6.45) is 5.16. The molecule has 0 bridgehead atoms. The maximum Gasteiger partial charge on any atom is 0.139 e. The lowest BCUT2D eigenvalue weighted by Gasteiger charge is -2.44. The van der Waals surface area contributed by atoms with Crippen LogP contribution in [0.25, 0.3) is 0 Å². The molecule has 25 heavy (non-hydrogen) atoms. The van der Waals surface area contributed by atoms with Crippen molar-refractivity contribution in [2.75, 3.05) is 7.05 Å². The van der Waals surface area contributed by atoms with Crippen molar-refractivity contribution in [3.8, 4) is 0 Å². The van der Waals surface area contributed by atoms with Crippen molar-refractivity contribution in [3.63, 3.8) is 0 Å². The molecule has 1 heterocycles. The van der Waals surface area contributed by atoms with Crippen LogP contribution in [-0.2, 0) is 4.79 Å². The van der Waals surface area contributed by atoms with Crippen LogP contribution in [0.2, 0.25) is 0 Å². The SMILES string of the molecule is CCCCC[C@H]1C(=O)C[C@@H](c2ccccc2)N(C)[C@H]1c1ccccc1. The van der Waals surface area contributed by atoms with E-state index in [1.54, 1.807) is 0 Å². The molecule has 1 saturated heterocycles. The van der Waals surface area contributed by atoms with Gasteiger partial charge >= 0.3 is 0 Å². The van der Waals surface area contributed by atoms with E-state index in [9.17, 15) is 4.79 Å². The number of unbranched alkanes of at least 4 members (excludes halogenated alkanes) is 2. The number of hydrogen-bond acceptors (Lipinski definition) is 2.